The zero-order chi connectivity index (χ0) is 19.5. The van der Waals surface area contributed by atoms with E-state index in [4.69, 9.17) is 0 Å². The largest absolute Gasteiger partial charge is 0.339 e. The number of carbonyl (C=O) groups is 2. The van der Waals surface area contributed by atoms with E-state index in [1.165, 1.54) is 31.9 Å². The molecule has 0 spiro atoms. The summed E-state index contributed by atoms with van der Waals surface area (Å²) in [6.07, 6.45) is 8.47. The van der Waals surface area contributed by atoms with Gasteiger partial charge in [0.15, 0.2) is 14.6 Å². The predicted octanol–water partition coefficient (Wildman–Crippen LogP) is 0.794. The first-order chi connectivity index (χ1) is 12.8. The molecule has 0 bridgehead atoms. The topological polar surface area (TPSA) is 86.8 Å². The molecule has 3 rings (SSSR count). The van der Waals surface area contributed by atoms with Crippen LogP contribution in [0.4, 0.5) is 0 Å². The Morgan fingerprint density at radius 1 is 1.00 bits per heavy atom. The molecule has 1 saturated carbocycles. The SMILES string of the molecule is CS(=O)(=O)C1(C(=O)N2CCN(C(=O)CCC3CCCC3)CC2)CCNCC1. The highest BCUT2D eigenvalue weighted by Gasteiger charge is 2.50. The van der Waals surface area contributed by atoms with Gasteiger partial charge in [-0.2, -0.15) is 0 Å². The van der Waals surface area contributed by atoms with Crippen molar-refractivity contribution in [1.29, 1.82) is 0 Å². The quantitative estimate of drug-likeness (QED) is 0.739. The van der Waals surface area contributed by atoms with Crippen LogP contribution in [0.2, 0.25) is 0 Å². The van der Waals surface area contributed by atoms with E-state index < -0.39 is 14.6 Å². The summed E-state index contributed by atoms with van der Waals surface area (Å²) < 4.78 is 23.6. The van der Waals surface area contributed by atoms with Gasteiger partial charge in [-0.15, -0.1) is 0 Å². The summed E-state index contributed by atoms with van der Waals surface area (Å²) in [6, 6.07) is 0. The Bertz CT molecular complexity index is 644. The van der Waals surface area contributed by atoms with Crippen molar-refractivity contribution >= 4 is 21.7 Å². The molecule has 1 aliphatic carbocycles. The summed E-state index contributed by atoms with van der Waals surface area (Å²) in [6.45, 7) is 2.95. The average Bonchev–Trinajstić information content (AvgIpc) is 3.19. The Morgan fingerprint density at radius 2 is 1.56 bits per heavy atom. The Hall–Kier alpha value is -1.15. The molecule has 2 heterocycles. The third-order valence-corrected chi connectivity index (χ3v) is 8.67. The van der Waals surface area contributed by atoms with Crippen molar-refractivity contribution in [2.75, 3.05) is 45.5 Å². The van der Waals surface area contributed by atoms with E-state index in [2.05, 4.69) is 5.32 Å². The minimum Gasteiger partial charge on any atom is -0.339 e. The van der Waals surface area contributed by atoms with Gasteiger partial charge in [0.05, 0.1) is 0 Å². The average molecular weight is 400 g/mol. The highest BCUT2D eigenvalue weighted by atomic mass is 32.2. The van der Waals surface area contributed by atoms with Crippen molar-refractivity contribution in [2.45, 2.75) is 56.1 Å². The van der Waals surface area contributed by atoms with Crippen molar-refractivity contribution in [3.63, 3.8) is 0 Å². The highest BCUT2D eigenvalue weighted by molar-refractivity contribution is 7.92. The van der Waals surface area contributed by atoms with E-state index in [1.807, 2.05) is 4.90 Å². The van der Waals surface area contributed by atoms with Gasteiger partial charge in [0, 0.05) is 38.9 Å². The minimum absolute atomic E-state index is 0.175. The zero-order valence-corrected chi connectivity index (χ0v) is 17.2. The fourth-order valence-corrected chi connectivity index (χ4v) is 6.20. The minimum atomic E-state index is -3.50. The number of nitrogens with one attached hydrogen (secondary N) is 1. The van der Waals surface area contributed by atoms with Crippen LogP contribution in [0, 0.1) is 5.92 Å². The first-order valence-corrected chi connectivity index (χ1v) is 12.2. The second-order valence-corrected chi connectivity index (χ2v) is 10.7. The maximum absolute atomic E-state index is 13.1. The Kier molecular flexibility index (Phi) is 6.46. The van der Waals surface area contributed by atoms with Crippen LogP contribution in [0.1, 0.15) is 51.4 Å². The molecule has 0 unspecified atom stereocenters. The molecule has 3 fully saturated rings. The van der Waals surface area contributed by atoms with Gasteiger partial charge in [-0.25, -0.2) is 8.42 Å². The molecule has 2 saturated heterocycles. The van der Waals surface area contributed by atoms with Gasteiger partial charge in [-0.05, 0) is 38.3 Å². The Balaban J connectivity index is 1.54. The molecular weight excluding hydrogens is 366 g/mol. The normalized spacial score (nSPS) is 24.2. The maximum Gasteiger partial charge on any atom is 0.244 e. The van der Waals surface area contributed by atoms with Crippen LogP contribution in [-0.4, -0.2) is 80.3 Å². The van der Waals surface area contributed by atoms with Crippen molar-refractivity contribution in [3.8, 4) is 0 Å². The molecule has 0 aromatic heterocycles. The molecule has 2 amide bonds. The molecule has 7 nitrogen and oxygen atoms in total. The number of hydrogen-bond donors (Lipinski definition) is 1. The third-order valence-electron chi connectivity index (χ3n) is 6.67. The lowest BCUT2D eigenvalue weighted by atomic mass is 9.94. The van der Waals surface area contributed by atoms with Gasteiger partial charge in [0.2, 0.25) is 11.8 Å². The van der Waals surface area contributed by atoms with E-state index in [0.29, 0.717) is 64.4 Å². The molecule has 27 heavy (non-hydrogen) atoms. The molecule has 2 aliphatic heterocycles. The molecular formula is C19H33N3O4S. The Morgan fingerprint density at radius 3 is 2.11 bits per heavy atom. The number of piperidine rings is 1. The van der Waals surface area contributed by atoms with E-state index in [1.54, 1.807) is 4.90 Å². The van der Waals surface area contributed by atoms with Crippen molar-refractivity contribution in [3.05, 3.63) is 0 Å². The monoisotopic (exact) mass is 399 g/mol. The van der Waals surface area contributed by atoms with Crippen LogP contribution in [0.5, 0.6) is 0 Å². The molecule has 0 aromatic carbocycles. The fourth-order valence-electron chi connectivity index (χ4n) is 4.81. The van der Waals surface area contributed by atoms with Crippen molar-refractivity contribution < 1.29 is 18.0 Å². The lowest BCUT2D eigenvalue weighted by Crippen LogP contribution is -2.61. The summed E-state index contributed by atoms with van der Waals surface area (Å²) in [5.74, 6) is 0.601. The van der Waals surface area contributed by atoms with Crippen molar-refractivity contribution in [1.82, 2.24) is 15.1 Å². The standard InChI is InChI=1S/C19H33N3O4S/c1-27(25,26)19(8-10-20-11-9-19)18(24)22-14-12-21(13-15-22)17(23)7-6-16-4-2-3-5-16/h16,20H,2-15H2,1H3. The number of hydrogen-bond acceptors (Lipinski definition) is 5. The molecule has 1 N–H and O–H groups in total. The van der Waals surface area contributed by atoms with Crippen molar-refractivity contribution in [2.24, 2.45) is 5.92 Å². The first kappa shape index (κ1) is 20.6. The summed E-state index contributed by atoms with van der Waals surface area (Å²) in [7, 11) is -3.50. The van der Waals surface area contributed by atoms with E-state index in [0.717, 1.165) is 6.42 Å². The van der Waals surface area contributed by atoms with Crippen LogP contribution < -0.4 is 5.32 Å². The number of nitrogens with zero attached hydrogens (tertiary/aromatic N) is 2. The first-order valence-electron chi connectivity index (χ1n) is 10.3. The summed E-state index contributed by atoms with van der Waals surface area (Å²) in [4.78, 5) is 29.1. The number of sulfone groups is 1. The summed E-state index contributed by atoms with van der Waals surface area (Å²) in [5, 5.41) is 3.14. The molecule has 8 heteroatoms. The van der Waals surface area contributed by atoms with Gasteiger partial charge in [-0.3, -0.25) is 9.59 Å². The Labute approximate surface area is 162 Å². The van der Waals surface area contributed by atoms with Gasteiger partial charge >= 0.3 is 0 Å². The lowest BCUT2D eigenvalue weighted by molar-refractivity contribution is -0.141. The number of carbonyl (C=O) groups excluding carboxylic acids is 2. The van der Waals surface area contributed by atoms with Gasteiger partial charge in [0.1, 0.15) is 0 Å². The summed E-state index contributed by atoms with van der Waals surface area (Å²) >= 11 is 0. The van der Waals surface area contributed by atoms with Crippen LogP contribution in [0.25, 0.3) is 0 Å². The third kappa shape index (κ3) is 4.47. The van der Waals surface area contributed by atoms with Crippen LogP contribution in [0.15, 0.2) is 0 Å². The van der Waals surface area contributed by atoms with Gasteiger partial charge in [0.25, 0.3) is 0 Å². The highest BCUT2D eigenvalue weighted by Crippen LogP contribution is 2.31. The van der Waals surface area contributed by atoms with Crippen LogP contribution in [-0.2, 0) is 19.4 Å². The number of rotatable bonds is 5. The van der Waals surface area contributed by atoms with Crippen LogP contribution in [0.3, 0.4) is 0 Å². The maximum atomic E-state index is 13.1. The second-order valence-electron chi connectivity index (χ2n) is 8.38. The van der Waals surface area contributed by atoms with Gasteiger partial charge < -0.3 is 15.1 Å². The number of amides is 2. The molecule has 0 aromatic rings. The summed E-state index contributed by atoms with van der Waals surface area (Å²) in [5.41, 5.74) is 0. The molecule has 0 radical (unpaired) electrons. The lowest BCUT2D eigenvalue weighted by Gasteiger charge is -2.42. The number of piperazine rings is 1. The predicted molar refractivity (Wildman–Crippen MR) is 104 cm³/mol. The fraction of sp³-hybridized carbons (Fsp3) is 0.895. The molecule has 154 valence electrons. The van der Waals surface area contributed by atoms with E-state index in [-0.39, 0.29) is 11.8 Å². The molecule has 0 atom stereocenters. The second kappa shape index (κ2) is 8.47. The van der Waals surface area contributed by atoms with E-state index >= 15 is 0 Å². The zero-order valence-electron chi connectivity index (χ0n) is 16.4. The smallest absolute Gasteiger partial charge is 0.244 e. The molecule has 3 aliphatic rings. The van der Waals surface area contributed by atoms with Gasteiger partial charge in [-0.1, -0.05) is 25.7 Å². The van der Waals surface area contributed by atoms with E-state index in [9.17, 15) is 18.0 Å². The van der Waals surface area contributed by atoms with Crippen LogP contribution >= 0.6 is 0 Å².